The second-order valence-electron chi connectivity index (χ2n) is 3.70. The molecule has 1 aromatic carbocycles. The molecule has 0 aliphatic carbocycles. The van der Waals surface area contributed by atoms with Crippen molar-refractivity contribution in [2.45, 2.75) is 13.0 Å². The lowest BCUT2D eigenvalue weighted by Gasteiger charge is -2.17. The number of hydrogen-bond donors (Lipinski definition) is 2. The third kappa shape index (κ3) is 2.34. The Bertz CT molecular complexity index is 527. The van der Waals surface area contributed by atoms with Gasteiger partial charge in [0.15, 0.2) is 0 Å². The lowest BCUT2D eigenvalue weighted by atomic mass is 10.00. The second kappa shape index (κ2) is 4.87. The Morgan fingerprint density at radius 1 is 1.35 bits per heavy atom. The van der Waals surface area contributed by atoms with Crippen molar-refractivity contribution in [1.82, 2.24) is 5.43 Å². The van der Waals surface area contributed by atoms with Crippen molar-refractivity contribution < 1.29 is 8.81 Å². The van der Waals surface area contributed by atoms with E-state index in [-0.39, 0.29) is 5.82 Å². The average Bonchev–Trinajstić information content (AvgIpc) is 2.71. The van der Waals surface area contributed by atoms with Crippen LogP contribution in [0.2, 0.25) is 5.02 Å². The van der Waals surface area contributed by atoms with Crippen LogP contribution in [0.15, 0.2) is 34.9 Å². The fourth-order valence-corrected chi connectivity index (χ4v) is 2.00. The monoisotopic (exact) mass is 254 g/mol. The minimum atomic E-state index is -0.392. The Balaban J connectivity index is 2.49. The summed E-state index contributed by atoms with van der Waals surface area (Å²) in [6.07, 6.45) is 1.56. The summed E-state index contributed by atoms with van der Waals surface area (Å²) in [5.74, 6) is 5.87. The number of hydrogen-bond acceptors (Lipinski definition) is 3. The van der Waals surface area contributed by atoms with Gasteiger partial charge in [0.25, 0.3) is 0 Å². The normalized spacial score (nSPS) is 12.7. The van der Waals surface area contributed by atoms with Gasteiger partial charge in [0, 0.05) is 10.6 Å². The number of halogens is 2. The number of hydrazine groups is 1. The van der Waals surface area contributed by atoms with Gasteiger partial charge in [-0.25, -0.2) is 9.82 Å². The van der Waals surface area contributed by atoms with Gasteiger partial charge in [-0.3, -0.25) is 5.84 Å². The van der Waals surface area contributed by atoms with Crippen molar-refractivity contribution in [2.24, 2.45) is 5.84 Å². The van der Waals surface area contributed by atoms with Crippen molar-refractivity contribution in [3.8, 4) is 0 Å². The molecule has 2 aromatic rings. The Morgan fingerprint density at radius 2 is 2.12 bits per heavy atom. The van der Waals surface area contributed by atoms with E-state index < -0.39 is 6.04 Å². The summed E-state index contributed by atoms with van der Waals surface area (Å²) in [5, 5.41) is 0.454. The van der Waals surface area contributed by atoms with E-state index in [1.807, 2.05) is 6.92 Å². The molecule has 3 N–H and O–H groups in total. The first-order valence-corrected chi connectivity index (χ1v) is 5.46. The summed E-state index contributed by atoms with van der Waals surface area (Å²) in [7, 11) is 0. The maximum Gasteiger partial charge on any atom is 0.123 e. The summed E-state index contributed by atoms with van der Waals surface area (Å²) in [4.78, 5) is 0. The fraction of sp³-hybridized carbons (Fsp3) is 0.167. The summed E-state index contributed by atoms with van der Waals surface area (Å²) < 4.78 is 18.4. The second-order valence-corrected chi connectivity index (χ2v) is 4.10. The van der Waals surface area contributed by atoms with Crippen LogP contribution in [0.25, 0.3) is 0 Å². The highest BCUT2D eigenvalue weighted by Crippen LogP contribution is 2.30. The summed E-state index contributed by atoms with van der Waals surface area (Å²) >= 11 is 6.05. The van der Waals surface area contributed by atoms with Crippen molar-refractivity contribution >= 4 is 11.6 Å². The van der Waals surface area contributed by atoms with E-state index in [0.717, 1.165) is 5.56 Å². The van der Waals surface area contributed by atoms with Gasteiger partial charge >= 0.3 is 0 Å². The van der Waals surface area contributed by atoms with Crippen molar-refractivity contribution in [3.63, 3.8) is 0 Å². The Morgan fingerprint density at radius 3 is 2.71 bits per heavy atom. The molecule has 0 radical (unpaired) electrons. The minimum Gasteiger partial charge on any atom is -0.469 e. The Hall–Kier alpha value is -1.36. The van der Waals surface area contributed by atoms with Gasteiger partial charge in [-0.1, -0.05) is 11.6 Å². The van der Waals surface area contributed by atoms with Gasteiger partial charge in [0.2, 0.25) is 0 Å². The van der Waals surface area contributed by atoms with Gasteiger partial charge in [0.1, 0.15) is 11.6 Å². The van der Waals surface area contributed by atoms with E-state index in [1.165, 1.54) is 18.2 Å². The molecular weight excluding hydrogens is 243 g/mol. The van der Waals surface area contributed by atoms with Gasteiger partial charge < -0.3 is 4.42 Å². The zero-order valence-electron chi connectivity index (χ0n) is 9.21. The average molecular weight is 255 g/mol. The molecule has 5 heteroatoms. The van der Waals surface area contributed by atoms with Gasteiger partial charge in [-0.15, -0.1) is 0 Å². The Labute approximate surface area is 103 Å². The zero-order chi connectivity index (χ0) is 12.4. The largest absolute Gasteiger partial charge is 0.469 e. The first kappa shape index (κ1) is 12.1. The van der Waals surface area contributed by atoms with Crippen LogP contribution in [0.1, 0.15) is 22.9 Å². The quantitative estimate of drug-likeness (QED) is 0.654. The molecule has 1 aromatic heterocycles. The van der Waals surface area contributed by atoms with Gasteiger partial charge in [-0.2, -0.15) is 0 Å². The number of aryl methyl sites for hydroxylation is 1. The number of furan rings is 1. The molecule has 0 aliphatic heterocycles. The topological polar surface area (TPSA) is 51.2 Å². The van der Waals surface area contributed by atoms with Crippen molar-refractivity contribution in [2.75, 3.05) is 0 Å². The van der Waals surface area contributed by atoms with Crippen LogP contribution in [-0.2, 0) is 0 Å². The molecule has 2 rings (SSSR count). The van der Waals surface area contributed by atoms with E-state index in [2.05, 4.69) is 5.43 Å². The smallest absolute Gasteiger partial charge is 0.123 e. The van der Waals surface area contributed by atoms with Crippen LogP contribution in [0, 0.1) is 12.7 Å². The van der Waals surface area contributed by atoms with Crippen molar-refractivity contribution in [1.29, 1.82) is 0 Å². The number of rotatable bonds is 3. The van der Waals surface area contributed by atoms with Gasteiger partial charge in [0.05, 0.1) is 12.3 Å². The SMILES string of the molecule is Cc1occc1C(NN)c1cc(F)ccc1Cl. The molecule has 0 bridgehead atoms. The van der Waals surface area contributed by atoms with E-state index in [0.29, 0.717) is 16.3 Å². The first-order chi connectivity index (χ1) is 8.13. The molecule has 90 valence electrons. The van der Waals surface area contributed by atoms with Crippen LogP contribution in [-0.4, -0.2) is 0 Å². The van der Waals surface area contributed by atoms with Crippen LogP contribution in [0.5, 0.6) is 0 Å². The molecule has 3 nitrogen and oxygen atoms in total. The lowest BCUT2D eigenvalue weighted by molar-refractivity contribution is 0.519. The van der Waals surface area contributed by atoms with Crippen molar-refractivity contribution in [3.05, 3.63) is 58.3 Å². The summed E-state index contributed by atoms with van der Waals surface area (Å²) in [6.45, 7) is 1.81. The summed E-state index contributed by atoms with van der Waals surface area (Å²) in [5.41, 5.74) is 4.03. The maximum atomic E-state index is 13.2. The predicted molar refractivity (Wildman–Crippen MR) is 64.0 cm³/mol. The number of nitrogens with one attached hydrogen (secondary N) is 1. The van der Waals surface area contributed by atoms with Crippen LogP contribution in [0.4, 0.5) is 4.39 Å². The Kier molecular flexibility index (Phi) is 3.47. The summed E-state index contributed by atoms with van der Waals surface area (Å²) in [6, 6.07) is 5.56. The van der Waals surface area contributed by atoms with E-state index in [4.69, 9.17) is 21.9 Å². The molecule has 0 saturated heterocycles. The predicted octanol–water partition coefficient (Wildman–Crippen LogP) is 2.93. The molecular formula is C12H12ClFN2O. The van der Waals surface area contributed by atoms with Gasteiger partial charge in [-0.05, 0) is 36.8 Å². The van der Waals surface area contributed by atoms with E-state index in [1.54, 1.807) is 12.3 Å². The third-order valence-corrected chi connectivity index (χ3v) is 2.99. The molecule has 1 unspecified atom stereocenters. The highest BCUT2D eigenvalue weighted by atomic mass is 35.5. The molecule has 0 saturated carbocycles. The molecule has 0 spiro atoms. The number of benzene rings is 1. The van der Waals surface area contributed by atoms with Crippen LogP contribution in [0.3, 0.4) is 0 Å². The molecule has 1 heterocycles. The molecule has 1 atom stereocenters. The number of nitrogens with two attached hydrogens (primary N) is 1. The lowest BCUT2D eigenvalue weighted by Crippen LogP contribution is -2.29. The highest BCUT2D eigenvalue weighted by Gasteiger charge is 2.19. The minimum absolute atomic E-state index is 0.356. The standard InChI is InChI=1S/C12H12ClFN2O/c1-7-9(4-5-17-7)12(16-15)10-6-8(14)2-3-11(10)13/h2-6,12,16H,15H2,1H3. The molecule has 17 heavy (non-hydrogen) atoms. The fourth-order valence-electron chi connectivity index (χ4n) is 1.78. The molecule has 0 amide bonds. The van der Waals surface area contributed by atoms with E-state index in [9.17, 15) is 4.39 Å². The molecule has 0 fully saturated rings. The first-order valence-electron chi connectivity index (χ1n) is 5.08. The highest BCUT2D eigenvalue weighted by molar-refractivity contribution is 6.31. The van der Waals surface area contributed by atoms with Crippen LogP contribution >= 0.6 is 11.6 Å². The molecule has 0 aliphatic rings. The van der Waals surface area contributed by atoms with Crippen LogP contribution < -0.4 is 11.3 Å². The maximum absolute atomic E-state index is 13.2. The zero-order valence-corrected chi connectivity index (χ0v) is 9.96. The van der Waals surface area contributed by atoms with E-state index >= 15 is 0 Å². The third-order valence-electron chi connectivity index (χ3n) is 2.65.